The Bertz CT molecular complexity index is 510. The standard InChI is InChI=1S/C10H12BrNO2S/c1-7-5-8(11)10-9(6-7)15(13,14)4-3-12(10)2/h5-6H,3-4H2,1-2H3. The van der Waals surface area contributed by atoms with E-state index in [1.807, 2.05) is 24.9 Å². The third kappa shape index (κ3) is 1.78. The van der Waals surface area contributed by atoms with Gasteiger partial charge in [0.2, 0.25) is 0 Å². The fraction of sp³-hybridized carbons (Fsp3) is 0.400. The van der Waals surface area contributed by atoms with Crippen LogP contribution in [-0.2, 0) is 9.84 Å². The SMILES string of the molecule is Cc1cc(Br)c2c(c1)S(=O)(=O)CCN2C. The van der Waals surface area contributed by atoms with Crippen molar-refractivity contribution in [2.45, 2.75) is 11.8 Å². The summed E-state index contributed by atoms with van der Waals surface area (Å²) in [5, 5.41) is 0. The minimum absolute atomic E-state index is 0.201. The molecular formula is C10H12BrNO2S. The van der Waals surface area contributed by atoms with Crippen molar-refractivity contribution in [3.05, 3.63) is 22.2 Å². The second-order valence-corrected chi connectivity index (χ2v) is 6.77. The Balaban J connectivity index is 2.79. The van der Waals surface area contributed by atoms with Crippen molar-refractivity contribution in [3.8, 4) is 0 Å². The van der Waals surface area contributed by atoms with Crippen molar-refractivity contribution in [1.82, 2.24) is 0 Å². The summed E-state index contributed by atoms with van der Waals surface area (Å²) in [4.78, 5) is 2.42. The summed E-state index contributed by atoms with van der Waals surface area (Å²) < 4.78 is 24.6. The molecule has 0 bridgehead atoms. The highest BCUT2D eigenvalue weighted by Crippen LogP contribution is 2.37. The van der Waals surface area contributed by atoms with Crippen LogP contribution in [0.3, 0.4) is 0 Å². The first kappa shape index (κ1) is 11.0. The summed E-state index contributed by atoms with van der Waals surface area (Å²) in [6.45, 7) is 2.45. The van der Waals surface area contributed by atoms with Crippen LogP contribution < -0.4 is 4.90 Å². The molecule has 1 heterocycles. The fourth-order valence-corrected chi connectivity index (χ4v) is 4.46. The molecule has 0 amide bonds. The van der Waals surface area contributed by atoms with E-state index in [1.54, 1.807) is 6.07 Å². The van der Waals surface area contributed by atoms with Gasteiger partial charge in [-0.05, 0) is 40.5 Å². The Morgan fingerprint density at radius 3 is 2.73 bits per heavy atom. The van der Waals surface area contributed by atoms with Crippen molar-refractivity contribution in [2.24, 2.45) is 0 Å². The molecule has 0 spiro atoms. The Hall–Kier alpha value is -0.550. The number of anilines is 1. The number of fused-ring (bicyclic) bond motifs is 1. The molecule has 1 aliphatic heterocycles. The Labute approximate surface area is 98.1 Å². The molecule has 0 fully saturated rings. The monoisotopic (exact) mass is 289 g/mol. The number of aryl methyl sites for hydroxylation is 1. The highest BCUT2D eigenvalue weighted by Gasteiger charge is 2.28. The molecule has 82 valence electrons. The number of halogens is 1. The maximum absolute atomic E-state index is 11.9. The summed E-state index contributed by atoms with van der Waals surface area (Å²) in [6, 6.07) is 3.68. The third-order valence-corrected chi connectivity index (χ3v) is 4.89. The predicted molar refractivity (Wildman–Crippen MR) is 64.2 cm³/mol. The molecule has 1 aromatic rings. The molecule has 0 unspecified atom stereocenters. The van der Waals surface area contributed by atoms with Crippen LogP contribution in [0.2, 0.25) is 0 Å². The van der Waals surface area contributed by atoms with Gasteiger partial charge in [-0.1, -0.05) is 0 Å². The van der Waals surface area contributed by atoms with Crippen LogP contribution >= 0.6 is 15.9 Å². The molecular weight excluding hydrogens is 278 g/mol. The molecule has 0 aromatic heterocycles. The maximum atomic E-state index is 11.9. The zero-order chi connectivity index (χ0) is 11.2. The van der Waals surface area contributed by atoms with E-state index in [2.05, 4.69) is 15.9 Å². The van der Waals surface area contributed by atoms with Gasteiger partial charge in [-0.25, -0.2) is 8.42 Å². The van der Waals surface area contributed by atoms with Crippen LogP contribution in [0.4, 0.5) is 5.69 Å². The first-order valence-corrected chi connectivity index (χ1v) is 7.10. The van der Waals surface area contributed by atoms with E-state index in [4.69, 9.17) is 0 Å². The van der Waals surface area contributed by atoms with Crippen LogP contribution in [0.15, 0.2) is 21.5 Å². The summed E-state index contributed by atoms with van der Waals surface area (Å²) >= 11 is 3.42. The Morgan fingerprint density at radius 1 is 1.40 bits per heavy atom. The van der Waals surface area contributed by atoms with Gasteiger partial charge in [0.1, 0.15) is 0 Å². The average molecular weight is 290 g/mol. The second-order valence-electron chi connectivity index (χ2n) is 3.83. The number of benzene rings is 1. The highest BCUT2D eigenvalue weighted by molar-refractivity contribution is 9.10. The van der Waals surface area contributed by atoms with Crippen molar-refractivity contribution >= 4 is 31.5 Å². The van der Waals surface area contributed by atoms with Gasteiger partial charge in [-0.2, -0.15) is 0 Å². The normalized spacial score (nSPS) is 18.7. The summed E-state index contributed by atoms with van der Waals surface area (Å²) in [5.74, 6) is 0.201. The van der Waals surface area contributed by atoms with Gasteiger partial charge < -0.3 is 4.90 Å². The van der Waals surface area contributed by atoms with E-state index in [-0.39, 0.29) is 5.75 Å². The van der Waals surface area contributed by atoms with E-state index < -0.39 is 9.84 Å². The van der Waals surface area contributed by atoms with Crippen LogP contribution in [0.25, 0.3) is 0 Å². The van der Waals surface area contributed by atoms with Gasteiger partial charge in [0, 0.05) is 18.1 Å². The Kier molecular flexibility index (Phi) is 2.55. The van der Waals surface area contributed by atoms with Gasteiger partial charge in [-0.15, -0.1) is 0 Å². The quantitative estimate of drug-likeness (QED) is 0.733. The number of sulfone groups is 1. The molecule has 3 nitrogen and oxygen atoms in total. The minimum Gasteiger partial charge on any atom is -0.372 e. The van der Waals surface area contributed by atoms with Crippen LogP contribution in [-0.4, -0.2) is 27.8 Å². The minimum atomic E-state index is -3.09. The van der Waals surface area contributed by atoms with Crippen molar-refractivity contribution in [1.29, 1.82) is 0 Å². The number of rotatable bonds is 0. The summed E-state index contributed by atoms with van der Waals surface area (Å²) in [5.41, 5.74) is 1.74. The largest absolute Gasteiger partial charge is 0.372 e. The maximum Gasteiger partial charge on any atom is 0.182 e. The van der Waals surface area contributed by atoms with Gasteiger partial charge in [0.15, 0.2) is 9.84 Å². The lowest BCUT2D eigenvalue weighted by Gasteiger charge is -2.28. The average Bonchev–Trinajstić information content (AvgIpc) is 2.11. The van der Waals surface area contributed by atoms with E-state index in [1.165, 1.54) is 0 Å². The molecule has 2 rings (SSSR count). The van der Waals surface area contributed by atoms with Gasteiger partial charge in [0.25, 0.3) is 0 Å². The lowest BCUT2D eigenvalue weighted by atomic mass is 10.2. The molecule has 0 saturated heterocycles. The van der Waals surface area contributed by atoms with Gasteiger partial charge >= 0.3 is 0 Å². The summed E-state index contributed by atoms with van der Waals surface area (Å²) in [7, 11) is -1.18. The van der Waals surface area contributed by atoms with Gasteiger partial charge in [0.05, 0.1) is 16.3 Å². The fourth-order valence-electron chi connectivity index (χ4n) is 1.79. The van der Waals surface area contributed by atoms with E-state index in [0.29, 0.717) is 11.4 Å². The molecule has 0 aliphatic carbocycles. The number of hydrogen-bond donors (Lipinski definition) is 0. The van der Waals surface area contributed by atoms with Crippen LogP contribution in [0.5, 0.6) is 0 Å². The Morgan fingerprint density at radius 2 is 2.07 bits per heavy atom. The second kappa shape index (κ2) is 3.49. The van der Waals surface area contributed by atoms with Crippen LogP contribution in [0.1, 0.15) is 5.56 Å². The van der Waals surface area contributed by atoms with E-state index in [9.17, 15) is 8.42 Å². The summed E-state index contributed by atoms with van der Waals surface area (Å²) in [6.07, 6.45) is 0. The lowest BCUT2D eigenvalue weighted by molar-refractivity contribution is 0.591. The lowest BCUT2D eigenvalue weighted by Crippen LogP contribution is -2.32. The van der Waals surface area contributed by atoms with Crippen molar-refractivity contribution in [3.63, 3.8) is 0 Å². The number of nitrogens with zero attached hydrogens (tertiary/aromatic N) is 1. The molecule has 0 radical (unpaired) electrons. The third-order valence-electron chi connectivity index (χ3n) is 2.58. The van der Waals surface area contributed by atoms with Crippen molar-refractivity contribution < 1.29 is 8.42 Å². The molecule has 0 atom stereocenters. The highest BCUT2D eigenvalue weighted by atomic mass is 79.9. The first-order chi connectivity index (χ1) is 6.92. The molecule has 0 N–H and O–H groups in total. The predicted octanol–water partition coefficient (Wildman–Crippen LogP) is 1.98. The zero-order valence-electron chi connectivity index (χ0n) is 8.62. The first-order valence-electron chi connectivity index (χ1n) is 4.66. The molecule has 1 aromatic carbocycles. The smallest absolute Gasteiger partial charge is 0.182 e. The van der Waals surface area contributed by atoms with Crippen molar-refractivity contribution in [2.75, 3.05) is 24.2 Å². The molecule has 1 aliphatic rings. The van der Waals surface area contributed by atoms with Crippen LogP contribution in [0, 0.1) is 6.92 Å². The molecule has 15 heavy (non-hydrogen) atoms. The molecule has 5 heteroatoms. The van der Waals surface area contributed by atoms with E-state index in [0.717, 1.165) is 15.7 Å². The zero-order valence-corrected chi connectivity index (χ0v) is 11.0. The van der Waals surface area contributed by atoms with Gasteiger partial charge in [-0.3, -0.25) is 0 Å². The molecule has 0 saturated carbocycles. The number of hydrogen-bond acceptors (Lipinski definition) is 3. The van der Waals surface area contributed by atoms with E-state index >= 15 is 0 Å². The topological polar surface area (TPSA) is 37.4 Å².